The molecule has 0 spiro atoms. The molecule has 3 amide bonds. The number of amides is 3. The van der Waals surface area contributed by atoms with E-state index in [-0.39, 0.29) is 49.6 Å². The molecular formula is C37H56FN7O6Si. The number of hydrogen-bond acceptors (Lipinski definition) is 8. The summed E-state index contributed by atoms with van der Waals surface area (Å²) in [6.07, 6.45) is 6.04. The predicted octanol–water partition coefficient (Wildman–Crippen LogP) is 4.92. The van der Waals surface area contributed by atoms with Crippen molar-refractivity contribution in [3.63, 3.8) is 0 Å². The number of carbonyl (C=O) groups excluding carboxylic acids is 3. The van der Waals surface area contributed by atoms with E-state index in [9.17, 15) is 19.2 Å². The molecule has 0 aromatic carbocycles. The Bertz CT molecular complexity index is 1760. The van der Waals surface area contributed by atoms with Gasteiger partial charge in [-0.3, -0.25) is 19.4 Å². The number of allylic oxidation sites excluding steroid dienone is 1. The third-order valence-electron chi connectivity index (χ3n) is 8.20. The molecule has 52 heavy (non-hydrogen) atoms. The maximum absolute atomic E-state index is 15.2. The standard InChI is InChI=1S/C37H56FN7O6Si/c1-26(2)21-28-29(38)23-39-32-22-27(45(34(28)32)25-50-19-20-52(7,8)9)24-44-16-12-14-31(36(44)48)40-35(47)30(13-10-11-15-33(46)43(5)6)41-37(49)51-18-17-42(3)4/h11-12,14-16,22-23,26,30H,10,13,17-21,24-25H2,1-9H3,(H,40,47)(H,41,49)/b15-11+/t30-/m0/s1. The number of hydrogen-bond donors (Lipinski definition) is 2. The molecule has 286 valence electrons. The van der Waals surface area contributed by atoms with Crippen LogP contribution in [0.1, 0.15) is 37.9 Å². The first-order valence-electron chi connectivity index (χ1n) is 17.7. The van der Waals surface area contributed by atoms with Crippen LogP contribution in [0.4, 0.5) is 14.9 Å². The third kappa shape index (κ3) is 13.0. The Morgan fingerprint density at radius 1 is 1.12 bits per heavy atom. The zero-order valence-corrected chi connectivity index (χ0v) is 33.1. The van der Waals surface area contributed by atoms with Crippen molar-refractivity contribution in [3.05, 3.63) is 70.2 Å². The fourth-order valence-electron chi connectivity index (χ4n) is 5.25. The minimum atomic E-state index is -1.36. The summed E-state index contributed by atoms with van der Waals surface area (Å²) in [5.74, 6) is -1.02. The average molecular weight is 742 g/mol. The number of nitrogens with zero attached hydrogens (tertiary/aromatic N) is 5. The first kappa shape index (κ1) is 42.1. The van der Waals surface area contributed by atoms with Crippen molar-refractivity contribution in [2.75, 3.05) is 53.3 Å². The van der Waals surface area contributed by atoms with Gasteiger partial charge >= 0.3 is 6.09 Å². The third-order valence-corrected chi connectivity index (χ3v) is 9.90. The van der Waals surface area contributed by atoms with Crippen LogP contribution in [0, 0.1) is 11.7 Å². The highest BCUT2D eigenvalue weighted by Crippen LogP contribution is 2.27. The van der Waals surface area contributed by atoms with Crippen molar-refractivity contribution >= 4 is 42.7 Å². The van der Waals surface area contributed by atoms with Crippen molar-refractivity contribution in [1.29, 1.82) is 0 Å². The van der Waals surface area contributed by atoms with Gasteiger partial charge in [-0.1, -0.05) is 39.6 Å². The molecule has 0 aliphatic carbocycles. The number of aromatic nitrogens is 3. The highest BCUT2D eigenvalue weighted by atomic mass is 28.3. The average Bonchev–Trinajstić information content (AvgIpc) is 3.39. The van der Waals surface area contributed by atoms with Gasteiger partial charge in [0.2, 0.25) is 11.8 Å². The number of nitrogens with one attached hydrogen (secondary N) is 2. The van der Waals surface area contributed by atoms with E-state index < -0.39 is 31.7 Å². The number of likely N-dealkylation sites (N-methyl/N-ethyl adjacent to an activating group) is 2. The lowest BCUT2D eigenvalue weighted by Crippen LogP contribution is -2.45. The molecule has 13 nitrogen and oxygen atoms in total. The van der Waals surface area contributed by atoms with Crippen LogP contribution in [-0.2, 0) is 38.8 Å². The monoisotopic (exact) mass is 741 g/mol. The van der Waals surface area contributed by atoms with Gasteiger partial charge in [0, 0.05) is 52.8 Å². The van der Waals surface area contributed by atoms with Crippen LogP contribution < -0.4 is 16.2 Å². The lowest BCUT2D eigenvalue weighted by Gasteiger charge is -2.19. The smallest absolute Gasteiger partial charge is 0.407 e. The summed E-state index contributed by atoms with van der Waals surface area (Å²) in [5, 5.41) is 5.27. The van der Waals surface area contributed by atoms with Crippen LogP contribution in [0.5, 0.6) is 0 Å². The maximum atomic E-state index is 15.2. The number of ether oxygens (including phenoxy) is 2. The lowest BCUT2D eigenvalue weighted by atomic mass is 10.0. The van der Waals surface area contributed by atoms with E-state index in [2.05, 4.69) is 35.3 Å². The molecule has 0 unspecified atom stereocenters. The van der Waals surface area contributed by atoms with Gasteiger partial charge in [0.1, 0.15) is 30.9 Å². The molecule has 0 aliphatic heterocycles. The summed E-state index contributed by atoms with van der Waals surface area (Å²) < 4.78 is 29.9. The SMILES string of the molecule is CC(C)Cc1c(F)cnc2cc(Cn3cccc(NC(=O)[C@H](CC/C=C/C(=O)N(C)C)NC(=O)OCCN(C)C)c3=O)n(COCC[Si](C)(C)C)c12. The van der Waals surface area contributed by atoms with Crippen molar-refractivity contribution in [2.45, 2.75) is 78.1 Å². The van der Waals surface area contributed by atoms with E-state index in [1.807, 2.05) is 43.5 Å². The topological polar surface area (TPSA) is 140 Å². The molecule has 3 aromatic heterocycles. The molecule has 0 saturated carbocycles. The molecule has 3 rings (SSSR count). The van der Waals surface area contributed by atoms with Crippen LogP contribution in [0.2, 0.25) is 25.7 Å². The largest absolute Gasteiger partial charge is 0.448 e. The minimum absolute atomic E-state index is 0.0114. The van der Waals surface area contributed by atoms with Crippen molar-refractivity contribution in [1.82, 2.24) is 29.2 Å². The molecule has 1 atom stereocenters. The molecule has 3 aromatic rings. The van der Waals surface area contributed by atoms with Crippen LogP contribution >= 0.6 is 0 Å². The fraction of sp³-hybridized carbons (Fsp3) is 0.541. The highest BCUT2D eigenvalue weighted by Gasteiger charge is 2.23. The molecule has 3 heterocycles. The van der Waals surface area contributed by atoms with E-state index in [1.54, 1.807) is 32.4 Å². The minimum Gasteiger partial charge on any atom is -0.448 e. The van der Waals surface area contributed by atoms with E-state index in [0.29, 0.717) is 48.3 Å². The van der Waals surface area contributed by atoms with Crippen LogP contribution in [0.15, 0.2) is 47.5 Å². The summed E-state index contributed by atoms with van der Waals surface area (Å²) in [5.41, 5.74) is 2.02. The number of carbonyl (C=O) groups is 3. The van der Waals surface area contributed by atoms with Crippen LogP contribution in [0.25, 0.3) is 11.0 Å². The van der Waals surface area contributed by atoms with E-state index >= 15 is 4.39 Å². The lowest BCUT2D eigenvalue weighted by molar-refractivity contribution is -0.123. The van der Waals surface area contributed by atoms with Gasteiger partial charge in [-0.25, -0.2) is 9.18 Å². The Morgan fingerprint density at radius 3 is 2.50 bits per heavy atom. The van der Waals surface area contributed by atoms with Gasteiger partial charge in [0.25, 0.3) is 5.56 Å². The molecule has 0 radical (unpaired) electrons. The number of rotatable bonds is 19. The zero-order valence-electron chi connectivity index (χ0n) is 32.1. The number of pyridine rings is 2. The Kier molecular flexibility index (Phi) is 15.8. The fourth-order valence-corrected chi connectivity index (χ4v) is 6.01. The Hall–Kier alpha value is -4.34. The molecule has 2 N–H and O–H groups in total. The quantitative estimate of drug-likeness (QED) is 0.100. The van der Waals surface area contributed by atoms with E-state index in [0.717, 1.165) is 6.04 Å². The summed E-state index contributed by atoms with van der Waals surface area (Å²) in [6, 6.07) is 4.88. The van der Waals surface area contributed by atoms with Crippen molar-refractivity contribution in [2.24, 2.45) is 5.92 Å². The molecular weight excluding hydrogens is 686 g/mol. The second-order valence-electron chi connectivity index (χ2n) is 15.0. The summed E-state index contributed by atoms with van der Waals surface area (Å²) >= 11 is 0. The first-order valence-corrected chi connectivity index (χ1v) is 21.4. The predicted molar refractivity (Wildman–Crippen MR) is 205 cm³/mol. The second-order valence-corrected chi connectivity index (χ2v) is 20.6. The van der Waals surface area contributed by atoms with Crippen molar-refractivity contribution < 1.29 is 28.2 Å². The van der Waals surface area contributed by atoms with Crippen LogP contribution in [-0.4, -0.2) is 104 Å². The Morgan fingerprint density at radius 2 is 1.85 bits per heavy atom. The zero-order chi connectivity index (χ0) is 38.6. The highest BCUT2D eigenvalue weighted by molar-refractivity contribution is 6.76. The normalized spacial score (nSPS) is 12.5. The molecule has 0 saturated heterocycles. The van der Waals surface area contributed by atoms with E-state index in [4.69, 9.17) is 9.47 Å². The van der Waals surface area contributed by atoms with Gasteiger partial charge in [0.05, 0.1) is 23.8 Å². The Labute approximate surface area is 307 Å². The van der Waals surface area contributed by atoms with Gasteiger partial charge in [-0.2, -0.15) is 0 Å². The van der Waals surface area contributed by atoms with E-state index in [1.165, 1.54) is 27.8 Å². The number of fused-ring (bicyclic) bond motifs is 1. The molecule has 0 bridgehead atoms. The van der Waals surface area contributed by atoms with Gasteiger partial charge in [0.15, 0.2) is 0 Å². The number of halogens is 1. The molecule has 0 aliphatic rings. The summed E-state index contributed by atoms with van der Waals surface area (Å²) in [4.78, 5) is 59.5. The molecule has 15 heteroatoms. The summed E-state index contributed by atoms with van der Waals surface area (Å²) in [7, 11) is 5.58. The Balaban J connectivity index is 1.90. The maximum Gasteiger partial charge on any atom is 0.407 e. The number of alkyl carbamates (subject to hydrolysis) is 1. The van der Waals surface area contributed by atoms with Crippen molar-refractivity contribution in [3.8, 4) is 0 Å². The van der Waals surface area contributed by atoms with Gasteiger partial charge < -0.3 is 39.0 Å². The summed E-state index contributed by atoms with van der Waals surface area (Å²) in [6.45, 7) is 12.3. The first-order chi connectivity index (χ1) is 24.5. The van der Waals surface area contributed by atoms with Crippen LogP contribution in [0.3, 0.4) is 0 Å². The molecule has 0 fully saturated rings. The second kappa shape index (κ2) is 19.5. The van der Waals surface area contributed by atoms with Gasteiger partial charge in [-0.15, -0.1) is 0 Å². The number of anilines is 1. The van der Waals surface area contributed by atoms with Gasteiger partial charge in [-0.05, 0) is 69.6 Å².